The second-order valence-corrected chi connectivity index (χ2v) is 12.6. The van der Waals surface area contributed by atoms with Gasteiger partial charge in [0.15, 0.2) is 0 Å². The van der Waals surface area contributed by atoms with E-state index >= 15 is 0 Å². The standard InChI is InChI=1S/C33H42O3/c1-6-8-22-10-13-27(34)25(18-22)26-19-23(9-7-2)11-14-28(26)36-33-21-31(3,4)29(33)16-17-32(5)20-24(33)12-15-30(32)35/h6-7,10-11,13-14,18-19,24,29-30,34-35H,1-2,8-9,12,15-17,20-21H2,3-5H3/t24-,29-,30-,32+,33+/m0/s1. The fourth-order valence-electron chi connectivity index (χ4n) is 7.88. The number of rotatable bonds is 7. The van der Waals surface area contributed by atoms with Gasteiger partial charge >= 0.3 is 0 Å². The second-order valence-electron chi connectivity index (χ2n) is 12.6. The van der Waals surface area contributed by atoms with Crippen molar-refractivity contribution in [2.45, 2.75) is 83.8 Å². The Bertz CT molecular complexity index is 1160. The van der Waals surface area contributed by atoms with E-state index in [-0.39, 0.29) is 28.3 Å². The molecule has 2 aromatic carbocycles. The maximum atomic E-state index is 10.9. The topological polar surface area (TPSA) is 49.7 Å². The lowest BCUT2D eigenvalue weighted by atomic mass is 9.47. The molecule has 5 rings (SSSR count). The zero-order chi connectivity index (χ0) is 25.7. The van der Waals surface area contributed by atoms with Gasteiger partial charge in [-0.3, -0.25) is 0 Å². The van der Waals surface area contributed by atoms with Crippen LogP contribution in [0.4, 0.5) is 0 Å². The van der Waals surface area contributed by atoms with Gasteiger partial charge in [-0.05, 0) is 104 Å². The molecule has 3 heteroatoms. The molecule has 2 N–H and O–H groups in total. The van der Waals surface area contributed by atoms with Gasteiger partial charge in [-0.1, -0.05) is 45.1 Å². The van der Waals surface area contributed by atoms with Crippen LogP contribution in [0.2, 0.25) is 0 Å². The number of hydrogen-bond donors (Lipinski definition) is 2. The van der Waals surface area contributed by atoms with E-state index < -0.39 is 0 Å². The van der Waals surface area contributed by atoms with Crippen molar-refractivity contribution < 1.29 is 14.9 Å². The average Bonchev–Trinajstić information content (AvgIpc) is 2.91. The minimum Gasteiger partial charge on any atom is -0.507 e. The van der Waals surface area contributed by atoms with E-state index in [0.29, 0.717) is 11.8 Å². The molecule has 0 radical (unpaired) electrons. The Morgan fingerprint density at radius 3 is 2.28 bits per heavy atom. The molecule has 0 amide bonds. The Balaban J connectivity index is 1.60. The van der Waals surface area contributed by atoms with Crippen LogP contribution in [0.3, 0.4) is 0 Å². The van der Waals surface area contributed by atoms with E-state index in [1.807, 2.05) is 18.2 Å². The van der Waals surface area contributed by atoms with Crippen LogP contribution < -0.4 is 4.74 Å². The van der Waals surface area contributed by atoms with Crippen molar-refractivity contribution in [1.82, 2.24) is 0 Å². The summed E-state index contributed by atoms with van der Waals surface area (Å²) in [6, 6.07) is 12.2. The number of aliphatic hydroxyl groups excluding tert-OH is 1. The summed E-state index contributed by atoms with van der Waals surface area (Å²) in [5.74, 6) is 1.99. The summed E-state index contributed by atoms with van der Waals surface area (Å²) < 4.78 is 7.26. The average molecular weight is 487 g/mol. The van der Waals surface area contributed by atoms with E-state index in [1.54, 1.807) is 6.07 Å². The first-order valence-corrected chi connectivity index (χ1v) is 13.7. The molecule has 0 spiro atoms. The van der Waals surface area contributed by atoms with E-state index in [9.17, 15) is 10.2 Å². The van der Waals surface area contributed by atoms with E-state index in [0.717, 1.165) is 79.4 Å². The zero-order valence-corrected chi connectivity index (χ0v) is 22.2. The number of phenolic OH excluding ortho intramolecular Hbond substituents is 1. The highest BCUT2D eigenvalue weighted by molar-refractivity contribution is 5.77. The van der Waals surface area contributed by atoms with Gasteiger partial charge in [0, 0.05) is 17.0 Å². The van der Waals surface area contributed by atoms with Crippen LogP contribution in [0.5, 0.6) is 11.5 Å². The van der Waals surface area contributed by atoms with E-state index in [4.69, 9.17) is 4.74 Å². The molecule has 0 unspecified atom stereocenters. The highest BCUT2D eigenvalue weighted by Crippen LogP contribution is 2.67. The van der Waals surface area contributed by atoms with E-state index in [1.165, 1.54) is 0 Å². The van der Waals surface area contributed by atoms with Crippen LogP contribution >= 0.6 is 0 Å². The highest BCUT2D eigenvalue weighted by atomic mass is 16.5. The lowest BCUT2D eigenvalue weighted by Gasteiger charge is -2.63. The van der Waals surface area contributed by atoms with Crippen molar-refractivity contribution in [2.24, 2.45) is 22.7 Å². The fourth-order valence-corrected chi connectivity index (χ4v) is 7.88. The van der Waals surface area contributed by atoms with Crippen LogP contribution in [-0.2, 0) is 12.8 Å². The number of hydrogen-bond acceptors (Lipinski definition) is 3. The summed E-state index contributed by atoms with van der Waals surface area (Å²) in [5, 5.41) is 21.8. The van der Waals surface area contributed by atoms with E-state index in [2.05, 4.69) is 58.2 Å². The summed E-state index contributed by atoms with van der Waals surface area (Å²) in [6.07, 6.45) is 11.1. The normalized spacial score (nSPS) is 32.5. The van der Waals surface area contributed by atoms with Gasteiger partial charge in [-0.25, -0.2) is 0 Å². The zero-order valence-electron chi connectivity index (χ0n) is 22.2. The third-order valence-electron chi connectivity index (χ3n) is 9.72. The number of allylic oxidation sites excluding steroid dienone is 2. The molecule has 36 heavy (non-hydrogen) atoms. The van der Waals surface area contributed by atoms with Crippen molar-refractivity contribution in [3.8, 4) is 22.6 Å². The molecule has 3 nitrogen and oxygen atoms in total. The Morgan fingerprint density at radius 1 is 0.944 bits per heavy atom. The minimum absolute atomic E-state index is 0.0272. The molecule has 3 aliphatic rings. The Morgan fingerprint density at radius 2 is 1.61 bits per heavy atom. The van der Waals surface area contributed by atoms with Crippen LogP contribution in [0, 0.1) is 22.7 Å². The largest absolute Gasteiger partial charge is 0.507 e. The first-order chi connectivity index (χ1) is 17.1. The predicted octanol–water partition coefficient (Wildman–Crippen LogP) is 7.64. The number of aliphatic hydroxyl groups is 1. The lowest BCUT2D eigenvalue weighted by molar-refractivity contribution is -0.199. The van der Waals surface area contributed by atoms with Gasteiger partial charge in [-0.2, -0.15) is 0 Å². The van der Waals surface area contributed by atoms with Gasteiger partial charge in [0.05, 0.1) is 6.10 Å². The minimum atomic E-state index is -0.232. The quantitative estimate of drug-likeness (QED) is 0.395. The maximum absolute atomic E-state index is 10.9. The molecule has 2 aromatic rings. The number of ether oxygens (including phenoxy) is 1. The summed E-state index contributed by atoms with van der Waals surface area (Å²) in [5.41, 5.74) is 3.97. The maximum Gasteiger partial charge on any atom is 0.128 e. The first-order valence-electron chi connectivity index (χ1n) is 13.7. The van der Waals surface area contributed by atoms with Crippen molar-refractivity contribution >= 4 is 0 Å². The predicted molar refractivity (Wildman–Crippen MR) is 147 cm³/mol. The Kier molecular flexibility index (Phi) is 6.35. The summed E-state index contributed by atoms with van der Waals surface area (Å²) in [7, 11) is 0. The van der Waals surface area contributed by atoms with Gasteiger partial charge < -0.3 is 14.9 Å². The summed E-state index contributed by atoms with van der Waals surface area (Å²) >= 11 is 0. The summed E-state index contributed by atoms with van der Waals surface area (Å²) in [4.78, 5) is 0. The third kappa shape index (κ3) is 4.10. The molecule has 0 saturated heterocycles. The van der Waals surface area contributed by atoms with Gasteiger partial charge in [0.2, 0.25) is 0 Å². The molecule has 192 valence electrons. The molecular weight excluding hydrogens is 444 g/mol. The molecular formula is C33H42O3. The molecule has 0 aromatic heterocycles. The number of fused-ring (bicyclic) bond motifs is 4. The second kappa shape index (κ2) is 9.10. The number of phenols is 1. The Hall–Kier alpha value is -2.52. The SMILES string of the molecule is C=CCc1ccc(O)c(-c2cc(CC=C)ccc2O[C@@]23CC(C)(C)[C@@H]2CC[C@]2(C)C[C@@H]3CC[C@@H]2O)c1. The van der Waals surface area contributed by atoms with Crippen molar-refractivity contribution in [2.75, 3.05) is 0 Å². The van der Waals surface area contributed by atoms with Crippen molar-refractivity contribution in [3.05, 3.63) is 72.8 Å². The van der Waals surface area contributed by atoms with Crippen LogP contribution in [0.15, 0.2) is 61.7 Å². The van der Waals surface area contributed by atoms with Crippen molar-refractivity contribution in [3.63, 3.8) is 0 Å². The molecule has 3 fully saturated rings. The monoisotopic (exact) mass is 486 g/mol. The Labute approximate surface area is 216 Å². The third-order valence-corrected chi connectivity index (χ3v) is 9.72. The highest BCUT2D eigenvalue weighted by Gasteiger charge is 2.67. The lowest BCUT2D eigenvalue weighted by Crippen LogP contribution is -2.66. The van der Waals surface area contributed by atoms with Gasteiger partial charge in [0.25, 0.3) is 0 Å². The molecule has 3 saturated carbocycles. The van der Waals surface area contributed by atoms with Gasteiger partial charge in [0.1, 0.15) is 17.1 Å². The van der Waals surface area contributed by atoms with Gasteiger partial charge in [-0.15, -0.1) is 13.2 Å². The molecule has 0 aliphatic heterocycles. The summed E-state index contributed by atoms with van der Waals surface area (Å²) in [6.45, 7) is 14.9. The smallest absolute Gasteiger partial charge is 0.128 e. The van der Waals surface area contributed by atoms with Crippen LogP contribution in [0.1, 0.15) is 70.4 Å². The first kappa shape index (κ1) is 25.1. The number of aromatic hydroxyl groups is 1. The van der Waals surface area contributed by atoms with Crippen molar-refractivity contribution in [1.29, 1.82) is 0 Å². The molecule has 5 atom stereocenters. The fraction of sp³-hybridized carbons (Fsp3) is 0.515. The number of benzene rings is 2. The van der Waals surface area contributed by atoms with Crippen LogP contribution in [0.25, 0.3) is 11.1 Å². The molecule has 0 heterocycles. The van der Waals surface area contributed by atoms with Crippen LogP contribution in [-0.4, -0.2) is 21.9 Å². The molecule has 3 aliphatic carbocycles. The molecule has 2 bridgehead atoms.